The van der Waals surface area contributed by atoms with Crippen LogP contribution in [0.3, 0.4) is 0 Å². The lowest BCUT2D eigenvalue weighted by Gasteiger charge is -2.29. The van der Waals surface area contributed by atoms with Gasteiger partial charge in [0.2, 0.25) is 11.8 Å². The third kappa shape index (κ3) is 4.60. The summed E-state index contributed by atoms with van der Waals surface area (Å²) in [6.07, 6.45) is 0.542. The molecule has 4 rings (SSSR count). The van der Waals surface area contributed by atoms with Crippen LogP contribution in [0.15, 0.2) is 36.4 Å². The lowest BCUT2D eigenvalue weighted by molar-refractivity contribution is -0.136. The number of carbonyl (C=O) groups is 4. The molecule has 0 radical (unpaired) electrons. The van der Waals surface area contributed by atoms with Crippen molar-refractivity contribution in [1.29, 1.82) is 0 Å². The first-order valence-corrected chi connectivity index (χ1v) is 10.7. The van der Waals surface area contributed by atoms with Crippen LogP contribution in [0.25, 0.3) is 0 Å². The smallest absolute Gasteiger partial charge is 0.315 e. The summed E-state index contributed by atoms with van der Waals surface area (Å²) < 4.78 is 0. The first-order chi connectivity index (χ1) is 15.3. The van der Waals surface area contributed by atoms with Crippen molar-refractivity contribution in [2.45, 2.75) is 45.4 Å². The molecule has 32 heavy (non-hydrogen) atoms. The van der Waals surface area contributed by atoms with E-state index in [0.29, 0.717) is 30.1 Å². The summed E-state index contributed by atoms with van der Waals surface area (Å²) >= 11 is 6.11. The maximum Gasteiger partial charge on any atom is 0.315 e. The molecule has 9 heteroatoms. The van der Waals surface area contributed by atoms with Gasteiger partial charge in [-0.15, -0.1) is 0 Å². The highest BCUT2D eigenvalue weighted by Crippen LogP contribution is 2.28. The van der Waals surface area contributed by atoms with Crippen molar-refractivity contribution >= 4 is 35.4 Å². The molecule has 8 nitrogen and oxygen atoms in total. The van der Waals surface area contributed by atoms with Gasteiger partial charge in [-0.3, -0.25) is 19.7 Å². The fourth-order valence-electron chi connectivity index (χ4n) is 3.89. The molecule has 2 aromatic rings. The van der Waals surface area contributed by atoms with E-state index in [1.165, 1.54) is 4.90 Å². The summed E-state index contributed by atoms with van der Waals surface area (Å²) in [6.45, 7) is 2.83. The minimum Gasteiger partial charge on any atom is -0.334 e. The summed E-state index contributed by atoms with van der Waals surface area (Å²) in [6, 6.07) is 10.1. The largest absolute Gasteiger partial charge is 0.334 e. The zero-order valence-electron chi connectivity index (χ0n) is 17.5. The lowest BCUT2D eigenvalue weighted by Crippen LogP contribution is -2.52. The minimum absolute atomic E-state index is 0.218. The van der Waals surface area contributed by atoms with Crippen LogP contribution in [0, 0.1) is 6.92 Å². The van der Waals surface area contributed by atoms with Gasteiger partial charge in [0.15, 0.2) is 0 Å². The number of imide groups is 1. The van der Waals surface area contributed by atoms with Crippen molar-refractivity contribution < 1.29 is 19.2 Å². The van der Waals surface area contributed by atoms with Gasteiger partial charge in [-0.25, -0.2) is 4.79 Å². The number of benzene rings is 2. The van der Waals surface area contributed by atoms with E-state index in [1.807, 2.05) is 37.3 Å². The number of nitrogens with zero attached hydrogens (tertiary/aromatic N) is 1. The summed E-state index contributed by atoms with van der Waals surface area (Å²) in [7, 11) is 0. The third-order valence-corrected chi connectivity index (χ3v) is 6.14. The average molecular weight is 455 g/mol. The van der Waals surface area contributed by atoms with Crippen LogP contribution in [-0.2, 0) is 29.2 Å². The van der Waals surface area contributed by atoms with Crippen molar-refractivity contribution in [1.82, 2.24) is 20.9 Å². The number of amides is 5. The predicted molar refractivity (Wildman–Crippen MR) is 118 cm³/mol. The molecule has 0 bridgehead atoms. The minimum atomic E-state index is -0.643. The van der Waals surface area contributed by atoms with E-state index >= 15 is 0 Å². The van der Waals surface area contributed by atoms with Crippen LogP contribution >= 0.6 is 11.6 Å². The molecule has 0 saturated carbocycles. The van der Waals surface area contributed by atoms with Crippen LogP contribution in [0.1, 0.15) is 45.5 Å². The molecule has 1 unspecified atom stereocenters. The molecule has 1 atom stereocenters. The Labute approximate surface area is 190 Å². The molecule has 3 N–H and O–H groups in total. The van der Waals surface area contributed by atoms with E-state index < -0.39 is 11.9 Å². The summed E-state index contributed by atoms with van der Waals surface area (Å²) in [5, 5.41) is 8.50. The maximum absolute atomic E-state index is 12.9. The number of halogens is 1. The quantitative estimate of drug-likeness (QED) is 0.603. The lowest BCUT2D eigenvalue weighted by atomic mass is 10.0. The van der Waals surface area contributed by atoms with Gasteiger partial charge in [0.25, 0.3) is 5.91 Å². The highest BCUT2D eigenvalue weighted by molar-refractivity contribution is 6.31. The van der Waals surface area contributed by atoms with E-state index in [2.05, 4.69) is 16.0 Å². The van der Waals surface area contributed by atoms with Gasteiger partial charge in [0, 0.05) is 36.6 Å². The van der Waals surface area contributed by atoms with Crippen LogP contribution < -0.4 is 16.0 Å². The Morgan fingerprint density at radius 2 is 1.78 bits per heavy atom. The van der Waals surface area contributed by atoms with E-state index in [4.69, 9.17) is 11.6 Å². The normalized spacial score (nSPS) is 17.8. The van der Waals surface area contributed by atoms with Gasteiger partial charge in [0.1, 0.15) is 6.04 Å². The summed E-state index contributed by atoms with van der Waals surface area (Å²) in [5.74, 6) is -0.986. The highest BCUT2D eigenvalue weighted by Gasteiger charge is 2.39. The number of aryl methyl sites for hydroxylation is 1. The molecule has 2 aliphatic rings. The predicted octanol–water partition coefficient (Wildman–Crippen LogP) is 2.41. The first kappa shape index (κ1) is 21.8. The number of nitrogens with one attached hydrogen (secondary N) is 3. The van der Waals surface area contributed by atoms with Crippen molar-refractivity contribution in [2.75, 3.05) is 0 Å². The number of rotatable bonds is 5. The first-order valence-electron chi connectivity index (χ1n) is 10.3. The van der Waals surface area contributed by atoms with E-state index in [0.717, 1.165) is 22.3 Å². The van der Waals surface area contributed by atoms with Gasteiger partial charge < -0.3 is 15.5 Å². The van der Waals surface area contributed by atoms with Crippen molar-refractivity contribution in [2.24, 2.45) is 0 Å². The van der Waals surface area contributed by atoms with E-state index in [1.54, 1.807) is 6.07 Å². The Morgan fingerprint density at radius 3 is 2.47 bits per heavy atom. The Bertz CT molecular complexity index is 1120. The van der Waals surface area contributed by atoms with Gasteiger partial charge in [-0.05, 0) is 47.7 Å². The SMILES string of the molecule is Cc1ccc(CNC(=O)NCc2ccc3c(c2)C(=O)N(C2CCC(=O)NC2=O)C3)cc1Cl. The van der Waals surface area contributed by atoms with Crippen molar-refractivity contribution in [3.8, 4) is 0 Å². The van der Waals surface area contributed by atoms with Crippen LogP contribution in [-0.4, -0.2) is 34.7 Å². The molecule has 2 aromatic carbocycles. The Balaban J connectivity index is 1.33. The number of fused-ring (bicyclic) bond motifs is 1. The number of carbonyl (C=O) groups excluding carboxylic acids is 4. The molecular weight excluding hydrogens is 432 g/mol. The Hall–Kier alpha value is -3.39. The summed E-state index contributed by atoms with van der Waals surface area (Å²) in [5.41, 5.74) is 3.98. The third-order valence-electron chi connectivity index (χ3n) is 5.73. The molecule has 5 amide bonds. The van der Waals surface area contributed by atoms with Gasteiger partial charge in [0.05, 0.1) is 0 Å². The number of hydrogen-bond donors (Lipinski definition) is 3. The zero-order valence-corrected chi connectivity index (χ0v) is 18.3. The molecule has 166 valence electrons. The Kier molecular flexibility index (Phi) is 6.14. The highest BCUT2D eigenvalue weighted by atomic mass is 35.5. The standard InChI is InChI=1S/C23H23ClN4O4/c1-13-2-3-15(9-18(13)24)11-26-23(32)25-10-14-4-5-16-12-28(22(31)17(16)8-14)19-6-7-20(29)27-21(19)30/h2-5,8-9,19H,6-7,10-12H2,1H3,(H2,25,26,32)(H,27,29,30). The average Bonchev–Trinajstić information content (AvgIpc) is 3.09. The van der Waals surface area contributed by atoms with Gasteiger partial charge in [-0.1, -0.05) is 35.9 Å². The second kappa shape index (κ2) is 9.00. The topological polar surface area (TPSA) is 108 Å². The Morgan fingerprint density at radius 1 is 1.09 bits per heavy atom. The number of urea groups is 1. The monoisotopic (exact) mass is 454 g/mol. The van der Waals surface area contributed by atoms with Crippen LogP contribution in [0.4, 0.5) is 4.79 Å². The zero-order chi connectivity index (χ0) is 22.8. The van der Waals surface area contributed by atoms with Crippen molar-refractivity contribution in [3.05, 3.63) is 69.2 Å². The molecule has 0 aromatic heterocycles. The van der Waals surface area contributed by atoms with Crippen LogP contribution in [0.2, 0.25) is 5.02 Å². The maximum atomic E-state index is 12.9. The van der Waals surface area contributed by atoms with E-state index in [-0.39, 0.29) is 30.8 Å². The van der Waals surface area contributed by atoms with Crippen molar-refractivity contribution in [3.63, 3.8) is 0 Å². The fraction of sp³-hybridized carbons (Fsp3) is 0.304. The molecular formula is C23H23ClN4O4. The second-order valence-electron chi connectivity index (χ2n) is 8.01. The van der Waals surface area contributed by atoms with E-state index in [9.17, 15) is 19.2 Å². The number of hydrogen-bond acceptors (Lipinski definition) is 4. The fourth-order valence-corrected chi connectivity index (χ4v) is 4.09. The molecule has 1 saturated heterocycles. The van der Waals surface area contributed by atoms with Crippen LogP contribution in [0.5, 0.6) is 0 Å². The summed E-state index contributed by atoms with van der Waals surface area (Å²) in [4.78, 5) is 50.1. The van der Waals surface area contributed by atoms with Gasteiger partial charge >= 0.3 is 6.03 Å². The molecule has 0 spiro atoms. The molecule has 2 aliphatic heterocycles. The second-order valence-corrected chi connectivity index (χ2v) is 8.42. The van der Waals surface area contributed by atoms with Gasteiger partial charge in [-0.2, -0.15) is 0 Å². The molecule has 0 aliphatic carbocycles. The molecule has 1 fully saturated rings. The number of piperidine rings is 1. The molecule has 2 heterocycles.